The summed E-state index contributed by atoms with van der Waals surface area (Å²) in [7, 11) is 0. The summed E-state index contributed by atoms with van der Waals surface area (Å²) in [5.74, 6) is 0. The van der Waals surface area contributed by atoms with Crippen molar-refractivity contribution in [3.05, 3.63) is 10.0 Å². The third kappa shape index (κ3) is 1.81. The van der Waals surface area contributed by atoms with Crippen LogP contribution < -0.4 is 5.32 Å². The fourth-order valence-electron chi connectivity index (χ4n) is 1.25. The molecule has 0 atom stereocenters. The first-order valence-corrected chi connectivity index (χ1v) is 5.18. The molecule has 2 rings (SSSR count). The molecule has 0 spiro atoms. The summed E-state index contributed by atoms with van der Waals surface area (Å²) in [6.07, 6.45) is 4.04. The van der Waals surface area contributed by atoms with Crippen molar-refractivity contribution in [2.24, 2.45) is 0 Å². The van der Waals surface area contributed by atoms with Gasteiger partial charge in [-0.1, -0.05) is 6.42 Å². The standard InChI is InChI=1S/C8H13N3S/c1-6-10-11-8(12-6)5-9-7-3-2-4-7/h7,9H,2-5H2,1H3. The van der Waals surface area contributed by atoms with E-state index in [-0.39, 0.29) is 0 Å². The molecule has 1 aromatic rings. The smallest absolute Gasteiger partial charge is 0.131 e. The van der Waals surface area contributed by atoms with E-state index in [4.69, 9.17) is 0 Å². The van der Waals surface area contributed by atoms with Crippen LogP contribution in [0.5, 0.6) is 0 Å². The fourth-order valence-corrected chi connectivity index (χ4v) is 1.91. The molecule has 66 valence electrons. The second-order valence-electron chi connectivity index (χ2n) is 3.22. The molecular formula is C8H13N3S. The molecular weight excluding hydrogens is 170 g/mol. The number of hydrogen-bond donors (Lipinski definition) is 1. The molecule has 1 aliphatic carbocycles. The van der Waals surface area contributed by atoms with Crippen molar-refractivity contribution >= 4 is 11.3 Å². The third-order valence-electron chi connectivity index (χ3n) is 2.22. The van der Waals surface area contributed by atoms with Gasteiger partial charge in [0.2, 0.25) is 0 Å². The van der Waals surface area contributed by atoms with E-state index in [1.54, 1.807) is 11.3 Å². The molecule has 1 aliphatic rings. The Bertz CT molecular complexity index is 255. The lowest BCUT2D eigenvalue weighted by atomic mass is 9.93. The van der Waals surface area contributed by atoms with Crippen LogP contribution >= 0.6 is 11.3 Å². The number of hydrogen-bond acceptors (Lipinski definition) is 4. The summed E-state index contributed by atoms with van der Waals surface area (Å²) in [4.78, 5) is 0. The van der Waals surface area contributed by atoms with Crippen molar-refractivity contribution in [3.8, 4) is 0 Å². The number of nitrogens with zero attached hydrogens (tertiary/aromatic N) is 2. The molecule has 1 saturated carbocycles. The molecule has 1 fully saturated rings. The van der Waals surface area contributed by atoms with Gasteiger partial charge >= 0.3 is 0 Å². The summed E-state index contributed by atoms with van der Waals surface area (Å²) in [6, 6.07) is 0.745. The highest BCUT2D eigenvalue weighted by atomic mass is 32.1. The summed E-state index contributed by atoms with van der Waals surface area (Å²) >= 11 is 1.68. The minimum atomic E-state index is 0.745. The van der Waals surface area contributed by atoms with Gasteiger partial charge in [-0.2, -0.15) is 0 Å². The lowest BCUT2D eigenvalue weighted by Gasteiger charge is -2.25. The van der Waals surface area contributed by atoms with E-state index in [2.05, 4.69) is 15.5 Å². The van der Waals surface area contributed by atoms with Crippen molar-refractivity contribution in [3.63, 3.8) is 0 Å². The fraction of sp³-hybridized carbons (Fsp3) is 0.750. The monoisotopic (exact) mass is 183 g/mol. The van der Waals surface area contributed by atoms with Crippen LogP contribution in [0.25, 0.3) is 0 Å². The zero-order valence-corrected chi connectivity index (χ0v) is 8.02. The van der Waals surface area contributed by atoms with Crippen LogP contribution in [0.1, 0.15) is 29.3 Å². The Morgan fingerprint density at radius 3 is 2.83 bits per heavy atom. The predicted octanol–water partition coefficient (Wildman–Crippen LogP) is 1.49. The number of aryl methyl sites for hydroxylation is 1. The Morgan fingerprint density at radius 1 is 1.50 bits per heavy atom. The van der Waals surface area contributed by atoms with Crippen molar-refractivity contribution in [1.82, 2.24) is 15.5 Å². The molecule has 1 heterocycles. The predicted molar refractivity (Wildman–Crippen MR) is 49.1 cm³/mol. The van der Waals surface area contributed by atoms with Gasteiger partial charge in [-0.25, -0.2) is 0 Å². The molecule has 1 N–H and O–H groups in total. The van der Waals surface area contributed by atoms with Crippen LogP contribution in [-0.2, 0) is 6.54 Å². The maximum atomic E-state index is 4.05. The van der Waals surface area contributed by atoms with Crippen LogP contribution in [0.15, 0.2) is 0 Å². The SMILES string of the molecule is Cc1nnc(CNC2CCC2)s1. The van der Waals surface area contributed by atoms with Crippen molar-refractivity contribution in [2.75, 3.05) is 0 Å². The molecule has 3 nitrogen and oxygen atoms in total. The maximum absolute atomic E-state index is 4.05. The molecule has 0 radical (unpaired) electrons. The minimum absolute atomic E-state index is 0.745. The molecule has 0 aliphatic heterocycles. The van der Waals surface area contributed by atoms with Crippen molar-refractivity contribution in [2.45, 2.75) is 38.8 Å². The van der Waals surface area contributed by atoms with Gasteiger partial charge in [0.05, 0.1) is 0 Å². The first kappa shape index (κ1) is 8.13. The highest BCUT2D eigenvalue weighted by molar-refractivity contribution is 7.11. The average molecular weight is 183 g/mol. The molecule has 0 unspecified atom stereocenters. The highest BCUT2D eigenvalue weighted by Crippen LogP contribution is 2.18. The first-order chi connectivity index (χ1) is 5.84. The van der Waals surface area contributed by atoms with Crippen LogP contribution in [0.2, 0.25) is 0 Å². The Balaban J connectivity index is 1.79. The molecule has 4 heteroatoms. The number of aromatic nitrogens is 2. The summed E-state index contributed by atoms with van der Waals surface area (Å²) in [5, 5.41) is 13.6. The lowest BCUT2D eigenvalue weighted by molar-refractivity contribution is 0.338. The normalized spacial score (nSPS) is 17.8. The van der Waals surface area contributed by atoms with Crippen LogP contribution in [0.4, 0.5) is 0 Å². The molecule has 0 aromatic carbocycles. The summed E-state index contributed by atoms with van der Waals surface area (Å²) in [6.45, 7) is 2.89. The topological polar surface area (TPSA) is 37.8 Å². The Labute approximate surface area is 76.2 Å². The third-order valence-corrected chi connectivity index (χ3v) is 3.05. The van der Waals surface area contributed by atoms with Gasteiger partial charge in [0.15, 0.2) is 0 Å². The first-order valence-electron chi connectivity index (χ1n) is 4.37. The van der Waals surface area contributed by atoms with Crippen LogP contribution in [-0.4, -0.2) is 16.2 Å². The Morgan fingerprint density at radius 2 is 2.33 bits per heavy atom. The Hall–Kier alpha value is -0.480. The molecule has 12 heavy (non-hydrogen) atoms. The van der Waals surface area contributed by atoms with Crippen molar-refractivity contribution in [1.29, 1.82) is 0 Å². The van der Waals surface area contributed by atoms with Gasteiger partial charge in [-0.3, -0.25) is 0 Å². The van der Waals surface area contributed by atoms with E-state index in [0.29, 0.717) is 0 Å². The quantitative estimate of drug-likeness (QED) is 0.771. The van der Waals surface area contributed by atoms with Crippen LogP contribution in [0, 0.1) is 6.92 Å². The van der Waals surface area contributed by atoms with Crippen molar-refractivity contribution < 1.29 is 0 Å². The van der Waals surface area contributed by atoms with E-state index in [1.807, 2.05) is 6.92 Å². The zero-order chi connectivity index (χ0) is 8.39. The molecule has 0 saturated heterocycles. The van der Waals surface area contributed by atoms with Gasteiger partial charge in [0.25, 0.3) is 0 Å². The molecule has 0 amide bonds. The van der Waals surface area contributed by atoms with E-state index in [1.165, 1.54) is 19.3 Å². The largest absolute Gasteiger partial charge is 0.308 e. The number of nitrogens with one attached hydrogen (secondary N) is 1. The van der Waals surface area contributed by atoms with Gasteiger partial charge in [-0.05, 0) is 19.8 Å². The maximum Gasteiger partial charge on any atom is 0.131 e. The van der Waals surface area contributed by atoms with Gasteiger partial charge in [0, 0.05) is 12.6 Å². The van der Waals surface area contributed by atoms with E-state index in [0.717, 1.165) is 22.6 Å². The number of rotatable bonds is 3. The van der Waals surface area contributed by atoms with Crippen LogP contribution in [0.3, 0.4) is 0 Å². The molecule has 1 aromatic heterocycles. The second-order valence-corrected chi connectivity index (χ2v) is 4.49. The van der Waals surface area contributed by atoms with Gasteiger partial charge in [-0.15, -0.1) is 21.5 Å². The zero-order valence-electron chi connectivity index (χ0n) is 7.21. The van der Waals surface area contributed by atoms with E-state index < -0.39 is 0 Å². The van der Waals surface area contributed by atoms with Gasteiger partial charge < -0.3 is 5.32 Å². The second kappa shape index (κ2) is 3.49. The minimum Gasteiger partial charge on any atom is -0.308 e. The lowest BCUT2D eigenvalue weighted by Crippen LogP contribution is -2.34. The average Bonchev–Trinajstić information content (AvgIpc) is 2.32. The van der Waals surface area contributed by atoms with E-state index in [9.17, 15) is 0 Å². The van der Waals surface area contributed by atoms with E-state index >= 15 is 0 Å². The summed E-state index contributed by atoms with van der Waals surface area (Å²) in [5.41, 5.74) is 0. The summed E-state index contributed by atoms with van der Waals surface area (Å²) < 4.78 is 0. The van der Waals surface area contributed by atoms with Gasteiger partial charge in [0.1, 0.15) is 10.0 Å². The highest BCUT2D eigenvalue weighted by Gasteiger charge is 2.16. The molecule has 0 bridgehead atoms. The Kier molecular flexibility index (Phi) is 2.37.